The van der Waals surface area contributed by atoms with Gasteiger partial charge in [-0.2, -0.15) is 5.26 Å². The van der Waals surface area contributed by atoms with Crippen LogP contribution in [0.3, 0.4) is 0 Å². The fourth-order valence-electron chi connectivity index (χ4n) is 2.22. The van der Waals surface area contributed by atoms with E-state index in [4.69, 9.17) is 5.26 Å². The summed E-state index contributed by atoms with van der Waals surface area (Å²) in [4.78, 5) is 12.2. The summed E-state index contributed by atoms with van der Waals surface area (Å²) < 4.78 is 1.71. The van der Waals surface area contributed by atoms with Crippen molar-refractivity contribution in [1.82, 2.24) is 9.78 Å². The number of hydrogen-bond acceptors (Lipinski definition) is 2. The molecule has 1 aromatic carbocycles. The maximum atomic E-state index is 12.2. The Morgan fingerprint density at radius 2 is 2.06 bits per heavy atom. The van der Waals surface area contributed by atoms with Crippen LogP contribution in [0.4, 0.5) is 0 Å². The first-order chi connectivity index (χ1) is 8.70. The third-order valence-electron chi connectivity index (χ3n) is 3.52. The van der Waals surface area contributed by atoms with E-state index in [1.54, 1.807) is 23.0 Å². The average molecular weight is 239 g/mol. The Balaban J connectivity index is 1.99. The molecule has 18 heavy (non-hydrogen) atoms. The number of aromatic nitrogens is 2. The number of H-pyrrole nitrogens is 1. The molecule has 1 aliphatic carbocycles. The molecule has 0 bridgehead atoms. The fourth-order valence-corrected chi connectivity index (χ4v) is 2.22. The van der Waals surface area contributed by atoms with Crippen LogP contribution in [0.25, 0.3) is 11.1 Å². The number of hydrogen-bond donors (Lipinski definition) is 1. The molecule has 3 rings (SSSR count). The Hall–Kier alpha value is -2.28. The van der Waals surface area contributed by atoms with Crippen molar-refractivity contribution in [3.63, 3.8) is 0 Å². The Morgan fingerprint density at radius 3 is 2.61 bits per heavy atom. The summed E-state index contributed by atoms with van der Waals surface area (Å²) in [7, 11) is 0. The molecule has 0 radical (unpaired) electrons. The molecule has 2 unspecified atom stereocenters. The molecule has 4 nitrogen and oxygen atoms in total. The SMILES string of the molecule is CC1CC1n1[nH]cc(-c2ccc(C#N)cc2)c1=O. The van der Waals surface area contributed by atoms with Gasteiger partial charge in [0.15, 0.2) is 0 Å². The van der Waals surface area contributed by atoms with Crippen molar-refractivity contribution < 1.29 is 0 Å². The van der Waals surface area contributed by atoms with Crippen molar-refractivity contribution >= 4 is 0 Å². The second kappa shape index (κ2) is 3.88. The van der Waals surface area contributed by atoms with Crippen LogP contribution < -0.4 is 5.56 Å². The van der Waals surface area contributed by atoms with Crippen molar-refractivity contribution in [3.05, 3.63) is 46.4 Å². The summed E-state index contributed by atoms with van der Waals surface area (Å²) in [6, 6.07) is 9.47. The van der Waals surface area contributed by atoms with E-state index in [9.17, 15) is 4.79 Å². The highest BCUT2D eigenvalue weighted by atomic mass is 16.1. The van der Waals surface area contributed by atoms with Crippen molar-refractivity contribution in [2.45, 2.75) is 19.4 Å². The van der Waals surface area contributed by atoms with Gasteiger partial charge in [-0.3, -0.25) is 4.79 Å². The first-order valence-electron chi connectivity index (χ1n) is 6.01. The van der Waals surface area contributed by atoms with Crippen LogP contribution >= 0.6 is 0 Å². The maximum Gasteiger partial charge on any atom is 0.274 e. The Labute approximate surface area is 104 Å². The lowest BCUT2D eigenvalue weighted by molar-refractivity contribution is 0.587. The van der Waals surface area contributed by atoms with Crippen LogP contribution in [-0.2, 0) is 0 Å². The zero-order chi connectivity index (χ0) is 12.7. The molecule has 2 atom stereocenters. The van der Waals surface area contributed by atoms with E-state index < -0.39 is 0 Å². The van der Waals surface area contributed by atoms with Crippen LogP contribution in [0.15, 0.2) is 35.3 Å². The fraction of sp³-hybridized carbons (Fsp3) is 0.286. The molecule has 1 fully saturated rings. The minimum atomic E-state index is 0.0223. The van der Waals surface area contributed by atoms with Crippen molar-refractivity contribution in [3.8, 4) is 17.2 Å². The number of aromatic amines is 1. The topological polar surface area (TPSA) is 61.6 Å². The van der Waals surface area contributed by atoms with Crippen LogP contribution in [0.1, 0.15) is 24.9 Å². The standard InChI is InChI=1S/C14H13N3O/c1-9-6-13(9)17-14(18)12(8-16-17)11-4-2-10(7-15)3-5-11/h2-5,8-9,13,16H,6H2,1H3. The van der Waals surface area contributed by atoms with Crippen LogP contribution in [-0.4, -0.2) is 9.78 Å². The largest absolute Gasteiger partial charge is 0.302 e. The second-order valence-corrected chi connectivity index (χ2v) is 4.83. The lowest BCUT2D eigenvalue weighted by Crippen LogP contribution is -2.17. The van der Waals surface area contributed by atoms with E-state index in [1.165, 1.54) is 0 Å². The molecule has 4 heteroatoms. The number of nitrogens with one attached hydrogen (secondary N) is 1. The van der Waals surface area contributed by atoms with Crippen LogP contribution in [0, 0.1) is 17.2 Å². The van der Waals surface area contributed by atoms with Crippen molar-refractivity contribution in [2.75, 3.05) is 0 Å². The monoisotopic (exact) mass is 239 g/mol. The Kier molecular flexibility index (Phi) is 2.34. The molecule has 1 aliphatic rings. The van der Waals surface area contributed by atoms with Crippen molar-refractivity contribution in [2.24, 2.45) is 5.92 Å². The average Bonchev–Trinajstić information content (AvgIpc) is 2.99. The molecule has 1 saturated carbocycles. The summed E-state index contributed by atoms with van der Waals surface area (Å²) in [5.74, 6) is 0.579. The Morgan fingerprint density at radius 1 is 1.39 bits per heavy atom. The lowest BCUT2D eigenvalue weighted by Gasteiger charge is -1.97. The van der Waals surface area contributed by atoms with Gasteiger partial charge in [0.25, 0.3) is 5.56 Å². The Bertz CT molecular complexity index is 672. The zero-order valence-electron chi connectivity index (χ0n) is 10.1. The molecule has 0 aliphatic heterocycles. The first-order valence-corrected chi connectivity index (χ1v) is 6.01. The summed E-state index contributed by atoms with van der Waals surface area (Å²) >= 11 is 0. The quantitative estimate of drug-likeness (QED) is 0.874. The van der Waals surface area contributed by atoms with E-state index in [0.717, 1.165) is 12.0 Å². The molecule has 2 aromatic rings. The second-order valence-electron chi connectivity index (χ2n) is 4.83. The summed E-state index contributed by atoms with van der Waals surface area (Å²) in [5.41, 5.74) is 2.14. The van der Waals surface area contributed by atoms with Crippen LogP contribution in [0.5, 0.6) is 0 Å². The molecule has 0 amide bonds. The molecule has 1 heterocycles. The molecule has 0 saturated heterocycles. The van der Waals surface area contributed by atoms with Gasteiger partial charge in [-0.15, -0.1) is 0 Å². The van der Waals surface area contributed by atoms with Gasteiger partial charge in [-0.05, 0) is 30.0 Å². The molecule has 1 aromatic heterocycles. The highest BCUT2D eigenvalue weighted by molar-refractivity contribution is 5.62. The molecule has 1 N–H and O–H groups in total. The normalized spacial score (nSPS) is 21.6. The highest BCUT2D eigenvalue weighted by Gasteiger charge is 2.36. The van der Waals surface area contributed by atoms with Gasteiger partial charge in [-0.1, -0.05) is 19.1 Å². The summed E-state index contributed by atoms with van der Waals surface area (Å²) in [6.45, 7) is 2.14. The van der Waals surface area contributed by atoms with Gasteiger partial charge < -0.3 is 5.10 Å². The van der Waals surface area contributed by atoms with Crippen molar-refractivity contribution in [1.29, 1.82) is 5.26 Å². The summed E-state index contributed by atoms with van der Waals surface area (Å²) in [5, 5.41) is 11.8. The number of rotatable bonds is 2. The van der Waals surface area contributed by atoms with Gasteiger partial charge in [0.05, 0.1) is 23.2 Å². The smallest absolute Gasteiger partial charge is 0.274 e. The maximum absolute atomic E-state index is 12.2. The predicted molar refractivity (Wildman–Crippen MR) is 68.0 cm³/mol. The predicted octanol–water partition coefficient (Wildman–Crippen LogP) is 2.30. The molecular formula is C14H13N3O. The molecule has 0 spiro atoms. The number of nitrogens with zero attached hydrogens (tertiary/aromatic N) is 2. The lowest BCUT2D eigenvalue weighted by atomic mass is 10.1. The molecular weight excluding hydrogens is 226 g/mol. The van der Waals surface area contributed by atoms with Gasteiger partial charge >= 0.3 is 0 Å². The third kappa shape index (κ3) is 1.65. The van der Waals surface area contributed by atoms with Crippen LogP contribution in [0.2, 0.25) is 0 Å². The van der Waals surface area contributed by atoms with E-state index in [1.807, 2.05) is 12.1 Å². The third-order valence-corrected chi connectivity index (χ3v) is 3.52. The van der Waals surface area contributed by atoms with E-state index in [2.05, 4.69) is 18.1 Å². The van der Waals surface area contributed by atoms with Gasteiger partial charge in [-0.25, -0.2) is 4.68 Å². The minimum Gasteiger partial charge on any atom is -0.302 e. The van der Waals surface area contributed by atoms with E-state index in [-0.39, 0.29) is 5.56 Å². The first kappa shape index (κ1) is 10.8. The van der Waals surface area contributed by atoms with E-state index in [0.29, 0.717) is 23.1 Å². The van der Waals surface area contributed by atoms with E-state index >= 15 is 0 Å². The van der Waals surface area contributed by atoms with Gasteiger partial charge in [0, 0.05) is 6.20 Å². The number of nitriles is 1. The molecule has 90 valence electrons. The zero-order valence-corrected chi connectivity index (χ0v) is 10.1. The minimum absolute atomic E-state index is 0.0223. The number of benzene rings is 1. The van der Waals surface area contributed by atoms with Gasteiger partial charge in [0.2, 0.25) is 0 Å². The van der Waals surface area contributed by atoms with Gasteiger partial charge in [0.1, 0.15) is 0 Å². The highest BCUT2D eigenvalue weighted by Crippen LogP contribution is 2.41. The summed E-state index contributed by atoms with van der Waals surface area (Å²) in [6.07, 6.45) is 2.81.